The SMILES string of the molecule is CNC(Cc1c(Br)c(C)nn1C)c1ccc(Cl)cc1Cl. The van der Waals surface area contributed by atoms with Gasteiger partial charge in [0, 0.05) is 29.6 Å². The van der Waals surface area contributed by atoms with E-state index in [-0.39, 0.29) is 6.04 Å². The summed E-state index contributed by atoms with van der Waals surface area (Å²) in [5, 5.41) is 9.04. The fraction of sp³-hybridized carbons (Fsp3) is 0.357. The Hall–Kier alpha value is -0.550. The number of nitrogens with one attached hydrogen (secondary N) is 1. The molecular weight excluding hydrogens is 361 g/mol. The van der Waals surface area contributed by atoms with Gasteiger partial charge in [0.25, 0.3) is 0 Å². The maximum absolute atomic E-state index is 6.30. The number of rotatable bonds is 4. The molecule has 3 nitrogen and oxygen atoms in total. The molecule has 1 heterocycles. The quantitative estimate of drug-likeness (QED) is 0.861. The molecule has 1 N–H and O–H groups in total. The first-order valence-electron chi connectivity index (χ1n) is 6.24. The number of aryl methyl sites for hydroxylation is 2. The molecule has 0 spiro atoms. The lowest BCUT2D eigenvalue weighted by Gasteiger charge is -2.18. The summed E-state index contributed by atoms with van der Waals surface area (Å²) < 4.78 is 2.94. The van der Waals surface area contributed by atoms with E-state index in [9.17, 15) is 0 Å². The highest BCUT2D eigenvalue weighted by Crippen LogP contribution is 2.30. The summed E-state index contributed by atoms with van der Waals surface area (Å²) in [6, 6.07) is 5.69. The van der Waals surface area contributed by atoms with E-state index in [1.807, 2.05) is 37.8 Å². The van der Waals surface area contributed by atoms with Crippen molar-refractivity contribution in [3.63, 3.8) is 0 Å². The zero-order valence-electron chi connectivity index (χ0n) is 11.5. The summed E-state index contributed by atoms with van der Waals surface area (Å²) in [6.07, 6.45) is 0.787. The van der Waals surface area contributed by atoms with Crippen molar-refractivity contribution in [1.29, 1.82) is 0 Å². The van der Waals surface area contributed by atoms with Gasteiger partial charge < -0.3 is 5.32 Å². The predicted octanol–water partition coefficient (Wildman–Crippen LogP) is 4.30. The third-order valence-corrected chi connectivity index (χ3v) is 4.94. The molecule has 1 aromatic carbocycles. The predicted molar refractivity (Wildman–Crippen MR) is 87.6 cm³/mol. The van der Waals surface area contributed by atoms with E-state index in [0.717, 1.165) is 27.8 Å². The van der Waals surface area contributed by atoms with Crippen molar-refractivity contribution in [3.05, 3.63) is 49.7 Å². The molecule has 0 radical (unpaired) electrons. The Balaban J connectivity index is 2.33. The zero-order valence-corrected chi connectivity index (χ0v) is 14.6. The molecule has 2 aromatic rings. The van der Waals surface area contributed by atoms with E-state index in [1.165, 1.54) is 0 Å². The molecule has 0 saturated carbocycles. The molecule has 2 rings (SSSR count). The highest BCUT2D eigenvalue weighted by Gasteiger charge is 2.19. The molecule has 6 heteroatoms. The van der Waals surface area contributed by atoms with E-state index < -0.39 is 0 Å². The van der Waals surface area contributed by atoms with Gasteiger partial charge >= 0.3 is 0 Å². The van der Waals surface area contributed by atoms with Gasteiger partial charge in [0.2, 0.25) is 0 Å². The van der Waals surface area contributed by atoms with Crippen LogP contribution < -0.4 is 5.32 Å². The molecule has 1 atom stereocenters. The fourth-order valence-electron chi connectivity index (χ4n) is 2.25. The largest absolute Gasteiger partial charge is 0.313 e. The van der Waals surface area contributed by atoms with E-state index in [4.69, 9.17) is 23.2 Å². The topological polar surface area (TPSA) is 29.9 Å². The molecule has 108 valence electrons. The number of aromatic nitrogens is 2. The second-order valence-electron chi connectivity index (χ2n) is 4.68. The molecule has 0 aliphatic carbocycles. The number of hydrogen-bond acceptors (Lipinski definition) is 2. The standard InChI is InChI=1S/C14H16BrCl2N3/c1-8-14(15)13(20(3)19-8)7-12(18-2)10-5-4-9(16)6-11(10)17/h4-6,12,18H,7H2,1-3H3. The van der Waals surface area contributed by atoms with Gasteiger partial charge in [-0.05, 0) is 47.6 Å². The fourth-order valence-corrected chi connectivity index (χ4v) is 3.28. The number of halogens is 3. The molecule has 0 fully saturated rings. The van der Waals surface area contributed by atoms with Gasteiger partial charge in [-0.25, -0.2) is 0 Å². The maximum atomic E-state index is 6.30. The van der Waals surface area contributed by atoms with Gasteiger partial charge in [-0.3, -0.25) is 4.68 Å². The smallest absolute Gasteiger partial charge is 0.0738 e. The summed E-state index contributed by atoms with van der Waals surface area (Å²) in [7, 11) is 3.87. The van der Waals surface area contributed by atoms with E-state index in [0.29, 0.717) is 10.0 Å². The second-order valence-corrected chi connectivity index (χ2v) is 6.32. The Bertz CT molecular complexity index is 625. The van der Waals surface area contributed by atoms with Crippen molar-refractivity contribution in [3.8, 4) is 0 Å². The van der Waals surface area contributed by atoms with E-state index >= 15 is 0 Å². The van der Waals surface area contributed by atoms with Gasteiger partial charge in [0.1, 0.15) is 0 Å². The Morgan fingerprint density at radius 1 is 1.40 bits per heavy atom. The minimum absolute atomic E-state index is 0.103. The van der Waals surface area contributed by atoms with Crippen LogP contribution in [0.4, 0.5) is 0 Å². The van der Waals surface area contributed by atoms with Gasteiger partial charge in [-0.15, -0.1) is 0 Å². The van der Waals surface area contributed by atoms with Gasteiger partial charge in [0.05, 0.1) is 15.9 Å². The monoisotopic (exact) mass is 375 g/mol. The van der Waals surface area contributed by atoms with Gasteiger partial charge in [-0.1, -0.05) is 29.3 Å². The summed E-state index contributed by atoms with van der Waals surface area (Å²) in [6.45, 7) is 1.98. The third-order valence-electron chi connectivity index (χ3n) is 3.35. The lowest BCUT2D eigenvalue weighted by molar-refractivity contribution is 0.560. The molecule has 20 heavy (non-hydrogen) atoms. The summed E-state index contributed by atoms with van der Waals surface area (Å²) in [4.78, 5) is 0. The Morgan fingerprint density at radius 2 is 2.10 bits per heavy atom. The van der Waals surface area contributed by atoms with Gasteiger partial charge in [0.15, 0.2) is 0 Å². The molecule has 0 saturated heterocycles. The summed E-state index contributed by atoms with van der Waals surface area (Å²) >= 11 is 15.8. The number of likely N-dealkylation sites (N-methyl/N-ethyl adjacent to an activating group) is 1. The highest BCUT2D eigenvalue weighted by molar-refractivity contribution is 9.10. The Labute approximate surface area is 137 Å². The van der Waals surface area contributed by atoms with Crippen LogP contribution in [0.1, 0.15) is 23.0 Å². The van der Waals surface area contributed by atoms with Gasteiger partial charge in [-0.2, -0.15) is 5.10 Å². The first kappa shape index (κ1) is 15.8. The summed E-state index contributed by atoms with van der Waals surface area (Å²) in [5.41, 5.74) is 3.15. The summed E-state index contributed by atoms with van der Waals surface area (Å²) in [5.74, 6) is 0. The van der Waals surface area contributed by atoms with Crippen LogP contribution in [0, 0.1) is 6.92 Å². The van der Waals surface area contributed by atoms with Crippen LogP contribution >= 0.6 is 39.1 Å². The van der Waals surface area contributed by atoms with Crippen LogP contribution in [0.3, 0.4) is 0 Å². The molecule has 0 amide bonds. The van der Waals surface area contributed by atoms with Crippen molar-refractivity contribution in [1.82, 2.24) is 15.1 Å². The van der Waals surface area contributed by atoms with Crippen molar-refractivity contribution in [2.75, 3.05) is 7.05 Å². The van der Waals surface area contributed by atoms with E-state index in [1.54, 1.807) is 6.07 Å². The Kier molecular flexibility index (Phi) is 5.13. The van der Waals surface area contributed by atoms with Crippen molar-refractivity contribution >= 4 is 39.1 Å². The minimum atomic E-state index is 0.103. The highest BCUT2D eigenvalue weighted by atomic mass is 79.9. The first-order valence-corrected chi connectivity index (χ1v) is 7.79. The average molecular weight is 377 g/mol. The lowest BCUT2D eigenvalue weighted by Crippen LogP contribution is -2.20. The number of benzene rings is 1. The van der Waals surface area contributed by atoms with Crippen LogP contribution in [-0.4, -0.2) is 16.8 Å². The molecule has 1 aromatic heterocycles. The number of hydrogen-bond donors (Lipinski definition) is 1. The number of nitrogens with zero attached hydrogens (tertiary/aromatic N) is 2. The van der Waals surface area contributed by atoms with Crippen LogP contribution in [0.5, 0.6) is 0 Å². The minimum Gasteiger partial charge on any atom is -0.313 e. The molecule has 1 unspecified atom stereocenters. The van der Waals surface area contributed by atoms with Crippen molar-refractivity contribution in [2.24, 2.45) is 7.05 Å². The van der Waals surface area contributed by atoms with Crippen molar-refractivity contribution < 1.29 is 0 Å². The first-order chi connectivity index (χ1) is 9.43. The molecule has 0 bridgehead atoms. The van der Waals surface area contributed by atoms with Crippen LogP contribution in [0.25, 0.3) is 0 Å². The average Bonchev–Trinajstić information content (AvgIpc) is 2.62. The lowest BCUT2D eigenvalue weighted by atomic mass is 10.0. The Morgan fingerprint density at radius 3 is 2.60 bits per heavy atom. The molecule has 0 aliphatic rings. The van der Waals surface area contributed by atoms with Crippen LogP contribution in [0.15, 0.2) is 22.7 Å². The van der Waals surface area contributed by atoms with E-state index in [2.05, 4.69) is 26.3 Å². The van der Waals surface area contributed by atoms with Crippen molar-refractivity contribution in [2.45, 2.75) is 19.4 Å². The normalized spacial score (nSPS) is 12.7. The third kappa shape index (κ3) is 3.19. The van der Waals surface area contributed by atoms with Crippen LogP contribution in [0.2, 0.25) is 10.0 Å². The molecular formula is C14H16BrCl2N3. The maximum Gasteiger partial charge on any atom is 0.0738 e. The molecule has 0 aliphatic heterocycles. The second kappa shape index (κ2) is 6.48. The zero-order chi connectivity index (χ0) is 14.9. The van der Waals surface area contributed by atoms with Crippen LogP contribution in [-0.2, 0) is 13.5 Å².